The summed E-state index contributed by atoms with van der Waals surface area (Å²) in [4.78, 5) is 12.6. The molecule has 0 aliphatic rings. The van der Waals surface area contributed by atoms with Crippen LogP contribution >= 0.6 is 0 Å². The predicted molar refractivity (Wildman–Crippen MR) is 104 cm³/mol. The first-order chi connectivity index (χ1) is 13.5. The Morgan fingerprint density at radius 2 is 2.11 bits per heavy atom. The lowest BCUT2D eigenvalue weighted by Crippen LogP contribution is -2.50. The monoisotopic (exact) mass is 377 g/mol. The summed E-state index contributed by atoms with van der Waals surface area (Å²) in [7, 11) is 1.53. The SMILES string of the molecule is COc1cc(N(N)C(=O)N(N)Cc2cccc(C#N)c2)ccc1-c1cn[nH]c1. The van der Waals surface area contributed by atoms with Gasteiger partial charge < -0.3 is 4.74 Å². The average molecular weight is 377 g/mol. The first kappa shape index (κ1) is 18.9. The summed E-state index contributed by atoms with van der Waals surface area (Å²) in [6, 6.07) is 13.4. The summed E-state index contributed by atoms with van der Waals surface area (Å²) < 4.78 is 5.41. The van der Waals surface area contributed by atoms with Crippen molar-refractivity contribution >= 4 is 11.7 Å². The second kappa shape index (κ2) is 8.22. The topological polar surface area (TPSA) is 137 Å². The molecule has 0 saturated heterocycles. The Morgan fingerprint density at radius 3 is 2.79 bits per heavy atom. The number of nitriles is 1. The second-order valence-electron chi connectivity index (χ2n) is 5.96. The predicted octanol–water partition coefficient (Wildman–Crippen LogP) is 2.13. The van der Waals surface area contributed by atoms with Gasteiger partial charge in [-0.25, -0.2) is 21.5 Å². The molecule has 2 aromatic carbocycles. The van der Waals surface area contributed by atoms with Crippen LogP contribution in [0.1, 0.15) is 11.1 Å². The van der Waals surface area contributed by atoms with Crippen molar-refractivity contribution in [2.45, 2.75) is 6.54 Å². The Labute approximate surface area is 161 Å². The maximum Gasteiger partial charge on any atom is 0.353 e. The van der Waals surface area contributed by atoms with E-state index in [0.29, 0.717) is 17.0 Å². The zero-order valence-corrected chi connectivity index (χ0v) is 15.2. The van der Waals surface area contributed by atoms with Gasteiger partial charge in [0, 0.05) is 23.4 Å². The van der Waals surface area contributed by atoms with Crippen LogP contribution in [0, 0.1) is 11.3 Å². The van der Waals surface area contributed by atoms with Gasteiger partial charge in [0.15, 0.2) is 0 Å². The lowest BCUT2D eigenvalue weighted by atomic mass is 10.1. The molecule has 0 bridgehead atoms. The van der Waals surface area contributed by atoms with Crippen LogP contribution in [-0.2, 0) is 6.54 Å². The van der Waals surface area contributed by atoms with Crippen molar-refractivity contribution in [2.75, 3.05) is 12.1 Å². The molecule has 0 spiro atoms. The fourth-order valence-corrected chi connectivity index (χ4v) is 2.72. The third-order valence-electron chi connectivity index (χ3n) is 4.13. The summed E-state index contributed by atoms with van der Waals surface area (Å²) in [6.45, 7) is 0.103. The number of anilines is 1. The Morgan fingerprint density at radius 1 is 1.29 bits per heavy atom. The molecule has 0 saturated carbocycles. The number of urea groups is 1. The first-order valence-corrected chi connectivity index (χ1v) is 8.30. The maximum absolute atomic E-state index is 12.6. The summed E-state index contributed by atoms with van der Waals surface area (Å²) in [6.07, 6.45) is 3.40. The van der Waals surface area contributed by atoms with E-state index in [1.807, 2.05) is 6.07 Å². The van der Waals surface area contributed by atoms with Crippen molar-refractivity contribution in [2.24, 2.45) is 11.7 Å². The summed E-state index contributed by atoms with van der Waals surface area (Å²) in [5.74, 6) is 12.4. The number of nitrogens with one attached hydrogen (secondary N) is 1. The maximum atomic E-state index is 12.6. The molecule has 28 heavy (non-hydrogen) atoms. The van der Waals surface area contributed by atoms with Crippen molar-refractivity contribution in [3.63, 3.8) is 0 Å². The normalized spacial score (nSPS) is 10.2. The Kier molecular flexibility index (Phi) is 5.55. The number of aromatic amines is 1. The van der Waals surface area contributed by atoms with Gasteiger partial charge in [0.2, 0.25) is 0 Å². The third kappa shape index (κ3) is 3.93. The number of benzene rings is 2. The molecule has 3 aromatic rings. The number of ether oxygens (including phenoxy) is 1. The molecular weight excluding hydrogens is 358 g/mol. The van der Waals surface area contributed by atoms with E-state index in [-0.39, 0.29) is 6.54 Å². The molecule has 0 atom stereocenters. The molecule has 0 aliphatic carbocycles. The van der Waals surface area contributed by atoms with E-state index in [4.69, 9.17) is 21.7 Å². The molecule has 9 heteroatoms. The van der Waals surface area contributed by atoms with E-state index >= 15 is 0 Å². The Bertz CT molecular complexity index is 1010. The van der Waals surface area contributed by atoms with Crippen LogP contribution in [0.3, 0.4) is 0 Å². The van der Waals surface area contributed by atoms with E-state index in [1.165, 1.54) is 7.11 Å². The van der Waals surface area contributed by atoms with E-state index < -0.39 is 6.03 Å². The number of carbonyl (C=O) groups is 1. The number of hydrogen-bond donors (Lipinski definition) is 3. The van der Waals surface area contributed by atoms with E-state index in [2.05, 4.69) is 10.2 Å². The highest BCUT2D eigenvalue weighted by molar-refractivity contribution is 5.91. The second-order valence-corrected chi connectivity index (χ2v) is 5.96. The Hall–Kier alpha value is -3.87. The van der Waals surface area contributed by atoms with Gasteiger partial charge in [-0.15, -0.1) is 0 Å². The van der Waals surface area contributed by atoms with Crippen LogP contribution in [-0.4, -0.2) is 28.3 Å². The molecule has 0 aliphatic heterocycles. The van der Waals surface area contributed by atoms with Gasteiger partial charge in [-0.3, -0.25) is 10.1 Å². The smallest absolute Gasteiger partial charge is 0.353 e. The van der Waals surface area contributed by atoms with Crippen LogP contribution in [0.5, 0.6) is 5.75 Å². The van der Waals surface area contributed by atoms with Crippen LogP contribution in [0.25, 0.3) is 11.1 Å². The van der Waals surface area contributed by atoms with E-state index in [9.17, 15) is 4.79 Å². The van der Waals surface area contributed by atoms with Gasteiger partial charge in [-0.1, -0.05) is 12.1 Å². The van der Waals surface area contributed by atoms with E-state index in [1.54, 1.807) is 54.9 Å². The van der Waals surface area contributed by atoms with Gasteiger partial charge in [0.1, 0.15) is 5.75 Å². The van der Waals surface area contributed by atoms with Crippen molar-refractivity contribution in [3.8, 4) is 22.9 Å². The summed E-state index contributed by atoms with van der Waals surface area (Å²) in [5, 5.41) is 17.6. The minimum atomic E-state index is -0.611. The number of carbonyl (C=O) groups excluding carboxylic acids is 1. The quantitative estimate of drug-likeness (QED) is 0.354. The molecule has 1 aromatic heterocycles. The fraction of sp³-hybridized carbons (Fsp3) is 0.105. The van der Waals surface area contributed by atoms with Gasteiger partial charge in [0.05, 0.1) is 37.2 Å². The van der Waals surface area contributed by atoms with Gasteiger partial charge in [-0.2, -0.15) is 10.4 Å². The lowest BCUT2D eigenvalue weighted by Gasteiger charge is -2.24. The third-order valence-corrected chi connectivity index (χ3v) is 4.13. The van der Waals surface area contributed by atoms with Gasteiger partial charge in [-0.05, 0) is 29.8 Å². The van der Waals surface area contributed by atoms with Crippen molar-refractivity contribution < 1.29 is 9.53 Å². The van der Waals surface area contributed by atoms with Crippen molar-refractivity contribution in [1.29, 1.82) is 5.26 Å². The number of amides is 2. The molecular formula is C19H19N7O2. The van der Waals surface area contributed by atoms with Crippen LogP contribution in [0.2, 0.25) is 0 Å². The van der Waals surface area contributed by atoms with Crippen molar-refractivity contribution in [1.82, 2.24) is 15.2 Å². The number of hydrogen-bond acceptors (Lipinski definition) is 6. The molecule has 3 rings (SSSR count). The van der Waals surface area contributed by atoms with Gasteiger partial charge in [0.25, 0.3) is 0 Å². The zero-order chi connectivity index (χ0) is 20.1. The number of methoxy groups -OCH3 is 1. The molecule has 5 N–H and O–H groups in total. The summed E-state index contributed by atoms with van der Waals surface area (Å²) >= 11 is 0. The number of nitrogens with two attached hydrogens (primary N) is 2. The van der Waals surface area contributed by atoms with Crippen LogP contribution < -0.4 is 21.4 Å². The minimum Gasteiger partial charge on any atom is -0.496 e. The molecule has 0 fully saturated rings. The van der Waals surface area contributed by atoms with Crippen LogP contribution in [0.4, 0.5) is 10.5 Å². The Balaban J connectivity index is 1.77. The number of hydrazine groups is 2. The number of nitrogens with zero attached hydrogens (tertiary/aromatic N) is 4. The fourth-order valence-electron chi connectivity index (χ4n) is 2.72. The van der Waals surface area contributed by atoms with Crippen molar-refractivity contribution in [3.05, 3.63) is 66.0 Å². The molecule has 0 radical (unpaired) electrons. The van der Waals surface area contributed by atoms with E-state index in [0.717, 1.165) is 26.7 Å². The molecule has 0 unspecified atom stereocenters. The van der Waals surface area contributed by atoms with Gasteiger partial charge >= 0.3 is 6.03 Å². The zero-order valence-electron chi connectivity index (χ0n) is 15.2. The largest absolute Gasteiger partial charge is 0.496 e. The number of aromatic nitrogens is 2. The molecule has 2 amide bonds. The lowest BCUT2D eigenvalue weighted by molar-refractivity contribution is 0.203. The minimum absolute atomic E-state index is 0.103. The molecule has 1 heterocycles. The highest BCUT2D eigenvalue weighted by Gasteiger charge is 2.19. The highest BCUT2D eigenvalue weighted by Crippen LogP contribution is 2.32. The first-order valence-electron chi connectivity index (χ1n) is 8.30. The highest BCUT2D eigenvalue weighted by atomic mass is 16.5. The van der Waals surface area contributed by atoms with Crippen LogP contribution in [0.15, 0.2) is 54.9 Å². The molecule has 9 nitrogen and oxygen atoms in total. The number of H-pyrrole nitrogens is 1. The standard InChI is InChI=1S/C19H19N7O2/c1-28-18-8-16(5-6-17(18)15-10-23-24-11-15)26(22)19(27)25(21)12-14-4-2-3-13(7-14)9-20/h2-8,10-11H,12,21-22H2,1H3,(H,23,24). The number of rotatable bonds is 5. The molecule has 142 valence electrons. The average Bonchev–Trinajstić information content (AvgIpc) is 3.26. The summed E-state index contributed by atoms with van der Waals surface area (Å²) in [5.41, 5.74) is 3.27.